The van der Waals surface area contributed by atoms with Gasteiger partial charge in [0.15, 0.2) is 6.61 Å². The fraction of sp³-hybridized carbons (Fsp3) is 0.273. The third-order valence-electron chi connectivity index (χ3n) is 5.09. The fourth-order valence-corrected chi connectivity index (χ4v) is 3.58. The van der Waals surface area contributed by atoms with Gasteiger partial charge < -0.3 is 9.47 Å². The first-order chi connectivity index (χ1) is 14.0. The van der Waals surface area contributed by atoms with Crippen molar-refractivity contribution in [2.75, 3.05) is 13.2 Å². The number of imide groups is 1. The van der Waals surface area contributed by atoms with Crippen LogP contribution in [-0.4, -0.2) is 41.8 Å². The van der Waals surface area contributed by atoms with E-state index in [1.807, 2.05) is 30.3 Å². The molecule has 7 heteroatoms. The molecule has 2 aromatic rings. The van der Waals surface area contributed by atoms with Crippen molar-refractivity contribution < 1.29 is 28.7 Å². The molecule has 0 saturated carbocycles. The molecule has 1 saturated heterocycles. The maximum Gasteiger partial charge on any atom is 0.339 e. The van der Waals surface area contributed by atoms with E-state index in [0.717, 1.165) is 10.5 Å². The van der Waals surface area contributed by atoms with Crippen molar-refractivity contribution in [3.05, 3.63) is 70.8 Å². The average molecular weight is 393 g/mol. The number of carbonyl (C=O) groups is 4. The van der Waals surface area contributed by atoms with Crippen LogP contribution in [0.5, 0.6) is 0 Å². The van der Waals surface area contributed by atoms with Gasteiger partial charge >= 0.3 is 11.9 Å². The Bertz CT molecular complexity index is 984. The summed E-state index contributed by atoms with van der Waals surface area (Å²) in [6, 6.07) is 14.0. The van der Waals surface area contributed by atoms with Crippen molar-refractivity contribution in [1.82, 2.24) is 4.90 Å². The van der Waals surface area contributed by atoms with Crippen LogP contribution < -0.4 is 0 Å². The standard InChI is InChI=1S/C22H19NO6/c24-19-7-4-10-23(19)20(25)13-28-21(26)15-8-9-17-16(11-15)12-18(29-22(17)27)14-5-2-1-3-6-14/h1-3,5-6,8-9,11,18H,4,7,10,12-13H2. The number of esters is 2. The Morgan fingerprint density at radius 1 is 1.10 bits per heavy atom. The Labute approximate surface area is 167 Å². The van der Waals surface area contributed by atoms with E-state index in [9.17, 15) is 19.2 Å². The Morgan fingerprint density at radius 3 is 2.62 bits per heavy atom. The smallest absolute Gasteiger partial charge is 0.339 e. The number of benzene rings is 2. The second-order valence-corrected chi connectivity index (χ2v) is 7.00. The molecule has 0 radical (unpaired) electrons. The molecule has 7 nitrogen and oxygen atoms in total. The van der Waals surface area contributed by atoms with Crippen molar-refractivity contribution in [3.8, 4) is 0 Å². The highest BCUT2D eigenvalue weighted by molar-refractivity contribution is 5.99. The molecule has 2 amide bonds. The summed E-state index contributed by atoms with van der Waals surface area (Å²) >= 11 is 0. The largest absolute Gasteiger partial charge is 0.454 e. The molecule has 2 aliphatic heterocycles. The number of nitrogens with zero attached hydrogens (tertiary/aromatic N) is 1. The predicted octanol–water partition coefficient (Wildman–Crippen LogP) is 2.45. The van der Waals surface area contributed by atoms with Gasteiger partial charge in [-0.25, -0.2) is 9.59 Å². The van der Waals surface area contributed by atoms with Crippen LogP contribution in [0.1, 0.15) is 50.8 Å². The van der Waals surface area contributed by atoms with Crippen LogP contribution in [0.3, 0.4) is 0 Å². The van der Waals surface area contributed by atoms with Gasteiger partial charge in [-0.15, -0.1) is 0 Å². The van der Waals surface area contributed by atoms with E-state index in [4.69, 9.17) is 9.47 Å². The molecular formula is C22H19NO6. The number of fused-ring (bicyclic) bond motifs is 1. The van der Waals surface area contributed by atoms with Crippen LogP contribution in [0.25, 0.3) is 0 Å². The maximum atomic E-state index is 12.4. The summed E-state index contributed by atoms with van der Waals surface area (Å²) in [7, 11) is 0. The summed E-state index contributed by atoms with van der Waals surface area (Å²) in [6.45, 7) is -0.132. The van der Waals surface area contributed by atoms with Crippen LogP contribution in [-0.2, 0) is 25.5 Å². The zero-order valence-electron chi connectivity index (χ0n) is 15.6. The van der Waals surface area contributed by atoms with Crippen molar-refractivity contribution >= 4 is 23.8 Å². The third kappa shape index (κ3) is 3.89. The highest BCUT2D eigenvalue weighted by Gasteiger charge is 2.29. The summed E-state index contributed by atoms with van der Waals surface area (Å²) in [5.74, 6) is -1.89. The molecule has 2 aliphatic rings. The highest BCUT2D eigenvalue weighted by atomic mass is 16.5. The van der Waals surface area contributed by atoms with Crippen molar-refractivity contribution in [2.45, 2.75) is 25.4 Å². The Kier molecular flexibility index (Phi) is 5.12. The van der Waals surface area contributed by atoms with Crippen LogP contribution >= 0.6 is 0 Å². The Morgan fingerprint density at radius 2 is 1.90 bits per heavy atom. The lowest BCUT2D eigenvalue weighted by atomic mass is 9.93. The Balaban J connectivity index is 1.46. The van der Waals surface area contributed by atoms with Crippen LogP contribution in [0.2, 0.25) is 0 Å². The number of carbonyl (C=O) groups excluding carboxylic acids is 4. The first kappa shape index (κ1) is 18.9. The lowest BCUT2D eigenvalue weighted by molar-refractivity contribution is -0.143. The molecule has 0 aromatic heterocycles. The summed E-state index contributed by atoms with van der Waals surface area (Å²) in [5.41, 5.74) is 2.21. The molecule has 2 heterocycles. The molecule has 4 rings (SSSR count). The number of likely N-dealkylation sites (tertiary alicyclic amines) is 1. The van der Waals surface area contributed by atoms with Crippen LogP contribution in [0.4, 0.5) is 0 Å². The van der Waals surface area contributed by atoms with Gasteiger partial charge in [0.05, 0.1) is 11.1 Å². The van der Waals surface area contributed by atoms with Crippen molar-refractivity contribution in [3.63, 3.8) is 0 Å². The maximum absolute atomic E-state index is 12.4. The van der Waals surface area contributed by atoms with Gasteiger partial charge in [-0.05, 0) is 35.7 Å². The molecule has 0 bridgehead atoms. The van der Waals surface area contributed by atoms with Crippen LogP contribution in [0.15, 0.2) is 48.5 Å². The normalized spacial score (nSPS) is 18.2. The number of cyclic esters (lactones) is 1. The number of rotatable bonds is 4. The minimum absolute atomic E-state index is 0.241. The van der Waals surface area contributed by atoms with E-state index < -0.39 is 30.6 Å². The van der Waals surface area contributed by atoms with Gasteiger partial charge in [0.2, 0.25) is 5.91 Å². The van der Waals surface area contributed by atoms with Gasteiger partial charge in [-0.1, -0.05) is 30.3 Å². The molecule has 1 unspecified atom stereocenters. The van der Waals surface area contributed by atoms with E-state index >= 15 is 0 Å². The topological polar surface area (TPSA) is 90.0 Å². The number of amides is 2. The van der Waals surface area contributed by atoms with Gasteiger partial charge in [-0.2, -0.15) is 0 Å². The first-order valence-electron chi connectivity index (χ1n) is 9.42. The quantitative estimate of drug-likeness (QED) is 0.741. The molecule has 2 aromatic carbocycles. The summed E-state index contributed by atoms with van der Waals surface area (Å²) in [4.78, 5) is 49.4. The van der Waals surface area contributed by atoms with Crippen molar-refractivity contribution in [1.29, 1.82) is 0 Å². The second-order valence-electron chi connectivity index (χ2n) is 7.00. The summed E-state index contributed by atoms with van der Waals surface area (Å²) < 4.78 is 10.6. The summed E-state index contributed by atoms with van der Waals surface area (Å²) in [5, 5.41) is 0. The molecule has 1 atom stereocenters. The van der Waals surface area contributed by atoms with Crippen LogP contribution in [0, 0.1) is 0 Å². The van der Waals surface area contributed by atoms with E-state index in [0.29, 0.717) is 36.9 Å². The zero-order valence-corrected chi connectivity index (χ0v) is 15.6. The predicted molar refractivity (Wildman–Crippen MR) is 101 cm³/mol. The lowest BCUT2D eigenvalue weighted by Crippen LogP contribution is -2.35. The lowest BCUT2D eigenvalue weighted by Gasteiger charge is -2.25. The van der Waals surface area contributed by atoms with E-state index in [-0.39, 0.29) is 11.5 Å². The monoisotopic (exact) mass is 393 g/mol. The number of hydrogen-bond donors (Lipinski definition) is 0. The molecule has 0 spiro atoms. The fourth-order valence-electron chi connectivity index (χ4n) is 3.58. The second kappa shape index (κ2) is 7.87. The number of ether oxygens (including phenoxy) is 2. The minimum atomic E-state index is -0.678. The van der Waals surface area contributed by atoms with E-state index in [2.05, 4.69) is 0 Å². The van der Waals surface area contributed by atoms with Gasteiger partial charge in [0, 0.05) is 19.4 Å². The average Bonchev–Trinajstić information content (AvgIpc) is 3.18. The SMILES string of the molecule is O=C(OCC(=O)N1CCCC1=O)c1ccc2c(c1)CC(c1ccccc1)OC2=O. The molecule has 29 heavy (non-hydrogen) atoms. The van der Waals surface area contributed by atoms with Crippen molar-refractivity contribution in [2.24, 2.45) is 0 Å². The van der Waals surface area contributed by atoms with E-state index in [1.54, 1.807) is 6.07 Å². The third-order valence-corrected chi connectivity index (χ3v) is 5.09. The van der Waals surface area contributed by atoms with Gasteiger partial charge in [0.1, 0.15) is 6.10 Å². The first-order valence-corrected chi connectivity index (χ1v) is 9.42. The van der Waals surface area contributed by atoms with Gasteiger partial charge in [0.25, 0.3) is 5.91 Å². The highest BCUT2D eigenvalue weighted by Crippen LogP contribution is 2.31. The molecule has 0 N–H and O–H groups in total. The minimum Gasteiger partial charge on any atom is -0.454 e. The molecule has 1 fully saturated rings. The summed E-state index contributed by atoms with van der Waals surface area (Å²) in [6.07, 6.45) is 0.976. The van der Waals surface area contributed by atoms with Gasteiger partial charge in [-0.3, -0.25) is 14.5 Å². The molecular weight excluding hydrogens is 374 g/mol. The number of hydrogen-bond acceptors (Lipinski definition) is 6. The Hall–Kier alpha value is -3.48. The molecule has 148 valence electrons. The molecule has 0 aliphatic carbocycles. The zero-order chi connectivity index (χ0) is 20.4. The van der Waals surface area contributed by atoms with E-state index in [1.165, 1.54) is 12.1 Å².